The SMILES string of the molecule is CCNC(=O)C(C)(C)CNC(=NC)NCc1cc2c(cc1OCC)CC(C)O2. The summed E-state index contributed by atoms with van der Waals surface area (Å²) in [6, 6.07) is 4.12. The van der Waals surface area contributed by atoms with Gasteiger partial charge in [0.2, 0.25) is 5.91 Å². The molecule has 1 heterocycles. The summed E-state index contributed by atoms with van der Waals surface area (Å²) in [5.74, 6) is 2.44. The predicted octanol–water partition coefficient (Wildman–Crippen LogP) is 2.24. The molecule has 0 aliphatic carbocycles. The lowest BCUT2D eigenvalue weighted by Crippen LogP contribution is -2.47. The lowest BCUT2D eigenvalue weighted by Gasteiger charge is -2.25. The molecule has 0 saturated heterocycles. The molecule has 0 bridgehead atoms. The molecule has 0 saturated carbocycles. The maximum atomic E-state index is 12.2. The van der Waals surface area contributed by atoms with Gasteiger partial charge in [-0.2, -0.15) is 0 Å². The first kappa shape index (κ1) is 21.9. The summed E-state index contributed by atoms with van der Waals surface area (Å²) in [7, 11) is 1.71. The van der Waals surface area contributed by atoms with Crippen LogP contribution >= 0.6 is 0 Å². The number of ether oxygens (including phenoxy) is 2. The van der Waals surface area contributed by atoms with E-state index < -0.39 is 5.41 Å². The summed E-state index contributed by atoms with van der Waals surface area (Å²) in [4.78, 5) is 16.4. The van der Waals surface area contributed by atoms with Crippen molar-refractivity contribution in [2.75, 3.05) is 26.7 Å². The summed E-state index contributed by atoms with van der Waals surface area (Å²) in [5, 5.41) is 9.40. The molecule has 28 heavy (non-hydrogen) atoms. The molecule has 0 spiro atoms. The predicted molar refractivity (Wildman–Crippen MR) is 112 cm³/mol. The molecule has 7 nitrogen and oxygen atoms in total. The number of rotatable bonds is 8. The maximum absolute atomic E-state index is 12.2. The zero-order valence-corrected chi connectivity index (χ0v) is 17.9. The fourth-order valence-corrected chi connectivity index (χ4v) is 3.09. The number of guanidine groups is 1. The average Bonchev–Trinajstić information content (AvgIpc) is 3.01. The highest BCUT2D eigenvalue weighted by molar-refractivity contribution is 5.84. The Morgan fingerprint density at radius 3 is 2.68 bits per heavy atom. The average molecular weight is 391 g/mol. The third-order valence-electron chi connectivity index (χ3n) is 4.70. The second kappa shape index (κ2) is 9.66. The van der Waals surface area contributed by atoms with Crippen molar-refractivity contribution in [1.29, 1.82) is 0 Å². The molecule has 1 aromatic rings. The second-order valence-corrected chi connectivity index (χ2v) is 7.66. The third-order valence-corrected chi connectivity index (χ3v) is 4.70. The van der Waals surface area contributed by atoms with Crippen molar-refractivity contribution in [3.05, 3.63) is 23.3 Å². The Kier molecular flexibility index (Phi) is 7.54. The molecule has 0 aromatic heterocycles. The molecule has 1 aliphatic heterocycles. The standard InChI is InChI=1S/C21H34N4O3/c1-7-23-19(26)21(4,5)13-25-20(22-6)24-12-16-11-18-15(9-14(3)28-18)10-17(16)27-8-2/h10-11,14H,7-9,12-13H2,1-6H3,(H,23,26)(H2,22,24,25). The van der Waals surface area contributed by atoms with Gasteiger partial charge in [0.25, 0.3) is 0 Å². The van der Waals surface area contributed by atoms with Crippen LogP contribution in [-0.4, -0.2) is 44.7 Å². The number of carbonyl (C=O) groups is 1. The number of nitrogens with one attached hydrogen (secondary N) is 3. The molecule has 0 fully saturated rings. The fourth-order valence-electron chi connectivity index (χ4n) is 3.09. The molecule has 7 heteroatoms. The third kappa shape index (κ3) is 5.53. The van der Waals surface area contributed by atoms with Crippen molar-refractivity contribution in [3.63, 3.8) is 0 Å². The molecule has 1 atom stereocenters. The minimum atomic E-state index is -0.540. The molecule has 1 unspecified atom stereocenters. The Balaban J connectivity index is 2.01. The van der Waals surface area contributed by atoms with Crippen LogP contribution in [-0.2, 0) is 17.8 Å². The normalized spacial score (nSPS) is 16.2. The van der Waals surface area contributed by atoms with Crippen molar-refractivity contribution in [3.8, 4) is 11.5 Å². The Hall–Kier alpha value is -2.44. The number of nitrogens with zero attached hydrogens (tertiary/aromatic N) is 1. The van der Waals surface area contributed by atoms with Crippen LogP contribution in [0.25, 0.3) is 0 Å². The summed E-state index contributed by atoms with van der Waals surface area (Å²) in [6.45, 7) is 12.0. The van der Waals surface area contributed by atoms with E-state index in [0.29, 0.717) is 32.2 Å². The van der Waals surface area contributed by atoms with E-state index in [2.05, 4.69) is 33.9 Å². The first-order chi connectivity index (χ1) is 13.3. The lowest BCUT2D eigenvalue weighted by atomic mass is 9.92. The van der Waals surface area contributed by atoms with Gasteiger partial charge in [0.05, 0.1) is 12.0 Å². The van der Waals surface area contributed by atoms with Crippen molar-refractivity contribution in [1.82, 2.24) is 16.0 Å². The fraction of sp³-hybridized carbons (Fsp3) is 0.619. The topological polar surface area (TPSA) is 84.0 Å². The van der Waals surface area contributed by atoms with Gasteiger partial charge in [0.1, 0.15) is 17.6 Å². The monoisotopic (exact) mass is 390 g/mol. The van der Waals surface area contributed by atoms with Crippen molar-refractivity contribution in [2.24, 2.45) is 10.4 Å². The number of carbonyl (C=O) groups excluding carboxylic acids is 1. The molecule has 1 aromatic carbocycles. The van der Waals surface area contributed by atoms with Crippen LogP contribution in [0.15, 0.2) is 17.1 Å². The van der Waals surface area contributed by atoms with Gasteiger partial charge in [-0.1, -0.05) is 0 Å². The molecule has 1 amide bonds. The van der Waals surface area contributed by atoms with Crippen LogP contribution in [0.3, 0.4) is 0 Å². The van der Waals surface area contributed by atoms with Gasteiger partial charge < -0.3 is 25.4 Å². The van der Waals surface area contributed by atoms with E-state index in [1.165, 1.54) is 5.56 Å². The smallest absolute Gasteiger partial charge is 0.227 e. The molecule has 3 N–H and O–H groups in total. The molecular formula is C21H34N4O3. The Morgan fingerprint density at radius 2 is 2.04 bits per heavy atom. The van der Waals surface area contributed by atoms with E-state index >= 15 is 0 Å². The van der Waals surface area contributed by atoms with Gasteiger partial charge >= 0.3 is 0 Å². The van der Waals surface area contributed by atoms with Gasteiger partial charge in [-0.15, -0.1) is 0 Å². The first-order valence-corrected chi connectivity index (χ1v) is 9.98. The highest BCUT2D eigenvalue weighted by Gasteiger charge is 2.27. The quantitative estimate of drug-likeness (QED) is 0.468. The van der Waals surface area contributed by atoms with Gasteiger partial charge in [0.15, 0.2) is 5.96 Å². The van der Waals surface area contributed by atoms with Crippen molar-refractivity contribution < 1.29 is 14.3 Å². The summed E-state index contributed by atoms with van der Waals surface area (Å²) in [6.07, 6.45) is 1.10. The molecular weight excluding hydrogens is 356 g/mol. The highest BCUT2D eigenvalue weighted by Crippen LogP contribution is 2.35. The Morgan fingerprint density at radius 1 is 1.29 bits per heavy atom. The van der Waals surface area contributed by atoms with Crippen molar-refractivity contribution in [2.45, 2.75) is 53.7 Å². The van der Waals surface area contributed by atoms with Crippen LogP contribution in [0.4, 0.5) is 0 Å². The van der Waals surface area contributed by atoms with Crippen molar-refractivity contribution >= 4 is 11.9 Å². The number of benzene rings is 1. The maximum Gasteiger partial charge on any atom is 0.227 e. The first-order valence-electron chi connectivity index (χ1n) is 9.98. The van der Waals surface area contributed by atoms with E-state index in [-0.39, 0.29) is 12.0 Å². The number of fused-ring (bicyclic) bond motifs is 1. The molecule has 0 radical (unpaired) electrons. The van der Waals surface area contributed by atoms with Crippen LogP contribution in [0.1, 0.15) is 45.7 Å². The van der Waals surface area contributed by atoms with E-state index in [4.69, 9.17) is 9.47 Å². The van der Waals surface area contributed by atoms with Gasteiger partial charge in [-0.3, -0.25) is 9.79 Å². The minimum Gasteiger partial charge on any atom is -0.494 e. The van der Waals surface area contributed by atoms with Gasteiger partial charge in [-0.25, -0.2) is 0 Å². The number of amides is 1. The van der Waals surface area contributed by atoms with Crippen LogP contribution in [0.2, 0.25) is 0 Å². The summed E-state index contributed by atoms with van der Waals surface area (Å²) >= 11 is 0. The van der Waals surface area contributed by atoms with Crippen LogP contribution in [0, 0.1) is 5.41 Å². The Labute approximate surface area is 168 Å². The zero-order chi connectivity index (χ0) is 20.7. The summed E-state index contributed by atoms with van der Waals surface area (Å²) in [5.41, 5.74) is 1.66. The molecule has 1 aliphatic rings. The van der Waals surface area contributed by atoms with Gasteiger partial charge in [0, 0.05) is 44.2 Å². The summed E-state index contributed by atoms with van der Waals surface area (Å²) < 4.78 is 11.7. The van der Waals surface area contributed by atoms with E-state index in [1.807, 2.05) is 33.8 Å². The van der Waals surface area contributed by atoms with E-state index in [1.54, 1.807) is 7.05 Å². The number of aliphatic imine (C=N–C) groups is 1. The lowest BCUT2D eigenvalue weighted by molar-refractivity contribution is -0.128. The Bertz CT molecular complexity index is 716. The highest BCUT2D eigenvalue weighted by atomic mass is 16.5. The number of hydrogen-bond donors (Lipinski definition) is 3. The largest absolute Gasteiger partial charge is 0.494 e. The van der Waals surface area contributed by atoms with Gasteiger partial charge in [-0.05, 0) is 46.8 Å². The number of hydrogen-bond acceptors (Lipinski definition) is 4. The second-order valence-electron chi connectivity index (χ2n) is 7.66. The van der Waals surface area contributed by atoms with Crippen LogP contribution in [0.5, 0.6) is 11.5 Å². The van der Waals surface area contributed by atoms with Crippen LogP contribution < -0.4 is 25.4 Å². The zero-order valence-electron chi connectivity index (χ0n) is 17.9. The van der Waals surface area contributed by atoms with E-state index in [0.717, 1.165) is 23.5 Å². The minimum absolute atomic E-state index is 0.0153. The molecule has 2 rings (SSSR count). The molecule has 156 valence electrons. The van der Waals surface area contributed by atoms with E-state index in [9.17, 15) is 4.79 Å².